The number of halogens is 1. The van der Waals surface area contributed by atoms with Crippen molar-refractivity contribution in [1.29, 1.82) is 0 Å². The molecule has 0 radical (unpaired) electrons. The highest BCUT2D eigenvalue weighted by molar-refractivity contribution is 7.16. The average Bonchev–Trinajstić information content (AvgIpc) is 2.96. The van der Waals surface area contributed by atoms with Crippen molar-refractivity contribution in [2.24, 2.45) is 0 Å². The van der Waals surface area contributed by atoms with E-state index in [9.17, 15) is 4.79 Å². The van der Waals surface area contributed by atoms with E-state index in [4.69, 9.17) is 16.3 Å². The Labute approximate surface area is 132 Å². The molecule has 0 aliphatic rings. The monoisotopic (exact) mass is 327 g/mol. The van der Waals surface area contributed by atoms with Gasteiger partial charge in [0, 0.05) is 10.3 Å². The molecule has 0 spiro atoms. The van der Waals surface area contributed by atoms with Crippen molar-refractivity contribution < 1.29 is 9.53 Å². The SMILES string of the molecule is CCOC(=O)c1nnn(Cc2ccc(Cl)s2)c1C(C)(C)C. The molecule has 0 unspecified atom stereocenters. The van der Waals surface area contributed by atoms with Crippen molar-refractivity contribution in [3.05, 3.63) is 32.7 Å². The molecule has 114 valence electrons. The van der Waals surface area contributed by atoms with Crippen molar-refractivity contribution in [3.63, 3.8) is 0 Å². The summed E-state index contributed by atoms with van der Waals surface area (Å²) in [6.07, 6.45) is 0. The lowest BCUT2D eigenvalue weighted by Gasteiger charge is -2.20. The summed E-state index contributed by atoms with van der Waals surface area (Å²) in [4.78, 5) is 13.1. The number of aromatic nitrogens is 3. The van der Waals surface area contributed by atoms with Crippen LogP contribution in [0.15, 0.2) is 12.1 Å². The number of carbonyl (C=O) groups is 1. The molecule has 2 aromatic heterocycles. The zero-order valence-electron chi connectivity index (χ0n) is 12.5. The van der Waals surface area contributed by atoms with E-state index in [2.05, 4.69) is 10.3 Å². The van der Waals surface area contributed by atoms with Gasteiger partial charge in [0.15, 0.2) is 5.69 Å². The number of hydrogen-bond donors (Lipinski definition) is 0. The van der Waals surface area contributed by atoms with E-state index >= 15 is 0 Å². The van der Waals surface area contributed by atoms with Crippen LogP contribution in [0.25, 0.3) is 0 Å². The highest BCUT2D eigenvalue weighted by Gasteiger charge is 2.30. The van der Waals surface area contributed by atoms with Crippen LogP contribution in [-0.2, 0) is 16.7 Å². The molecule has 0 saturated heterocycles. The summed E-state index contributed by atoms with van der Waals surface area (Å²) in [5.41, 5.74) is 0.782. The summed E-state index contributed by atoms with van der Waals surface area (Å²) < 4.78 is 7.53. The number of nitrogens with zero attached hydrogens (tertiary/aromatic N) is 3. The van der Waals surface area contributed by atoms with Gasteiger partial charge in [0.2, 0.25) is 0 Å². The predicted molar refractivity (Wildman–Crippen MR) is 83.1 cm³/mol. The van der Waals surface area contributed by atoms with E-state index in [1.807, 2.05) is 32.9 Å². The molecule has 21 heavy (non-hydrogen) atoms. The Morgan fingerprint density at radius 1 is 1.43 bits per heavy atom. The smallest absolute Gasteiger partial charge is 0.360 e. The third-order valence-corrected chi connectivity index (χ3v) is 4.06. The van der Waals surface area contributed by atoms with Crippen LogP contribution in [0.3, 0.4) is 0 Å². The van der Waals surface area contributed by atoms with Gasteiger partial charge in [-0.25, -0.2) is 9.48 Å². The molecule has 0 bridgehead atoms. The van der Waals surface area contributed by atoms with Crippen molar-refractivity contribution in [2.45, 2.75) is 39.7 Å². The summed E-state index contributed by atoms with van der Waals surface area (Å²) in [6, 6.07) is 3.80. The van der Waals surface area contributed by atoms with Crippen LogP contribution < -0.4 is 0 Å². The van der Waals surface area contributed by atoms with Crippen LogP contribution in [0.4, 0.5) is 0 Å². The maximum Gasteiger partial charge on any atom is 0.360 e. The lowest BCUT2D eigenvalue weighted by Crippen LogP contribution is -2.22. The molecule has 7 heteroatoms. The Morgan fingerprint density at radius 2 is 2.14 bits per heavy atom. The van der Waals surface area contributed by atoms with E-state index in [1.165, 1.54) is 11.3 Å². The average molecular weight is 328 g/mol. The number of thiophene rings is 1. The van der Waals surface area contributed by atoms with Crippen LogP contribution >= 0.6 is 22.9 Å². The minimum Gasteiger partial charge on any atom is -0.461 e. The van der Waals surface area contributed by atoms with Gasteiger partial charge in [-0.05, 0) is 19.1 Å². The van der Waals surface area contributed by atoms with Gasteiger partial charge in [0.25, 0.3) is 0 Å². The molecule has 0 saturated carbocycles. The van der Waals surface area contributed by atoms with Gasteiger partial charge in [-0.3, -0.25) is 0 Å². The summed E-state index contributed by atoms with van der Waals surface area (Å²) >= 11 is 7.44. The fourth-order valence-corrected chi connectivity index (χ4v) is 3.16. The molecule has 5 nitrogen and oxygen atoms in total. The second-order valence-corrected chi connectivity index (χ2v) is 7.42. The van der Waals surface area contributed by atoms with Gasteiger partial charge < -0.3 is 4.74 Å². The molecule has 2 heterocycles. The van der Waals surface area contributed by atoms with Gasteiger partial charge in [-0.15, -0.1) is 16.4 Å². The molecule has 0 fully saturated rings. The van der Waals surface area contributed by atoms with Crippen molar-refractivity contribution in [3.8, 4) is 0 Å². The highest BCUT2D eigenvalue weighted by Crippen LogP contribution is 2.28. The molecule has 2 rings (SSSR count). The van der Waals surface area contributed by atoms with Crippen LogP contribution in [0.1, 0.15) is 48.8 Å². The first-order valence-electron chi connectivity index (χ1n) is 6.68. The van der Waals surface area contributed by atoms with Gasteiger partial charge in [-0.2, -0.15) is 0 Å². The maximum atomic E-state index is 12.0. The molecular weight excluding hydrogens is 310 g/mol. The van der Waals surface area contributed by atoms with Crippen LogP contribution in [0.2, 0.25) is 4.34 Å². The van der Waals surface area contributed by atoms with Gasteiger partial charge in [0.05, 0.1) is 23.2 Å². The van der Waals surface area contributed by atoms with E-state index in [-0.39, 0.29) is 11.1 Å². The Hall–Kier alpha value is -1.40. The van der Waals surface area contributed by atoms with Crippen LogP contribution in [0, 0.1) is 0 Å². The molecular formula is C14H18ClN3O2S. The lowest BCUT2D eigenvalue weighted by molar-refractivity contribution is 0.0516. The molecule has 0 aromatic carbocycles. The summed E-state index contributed by atoms with van der Waals surface area (Å²) in [7, 11) is 0. The minimum atomic E-state index is -0.433. The Kier molecular flexibility index (Phi) is 4.68. The maximum absolute atomic E-state index is 12.0. The van der Waals surface area contributed by atoms with Gasteiger partial charge >= 0.3 is 5.97 Å². The minimum absolute atomic E-state index is 0.271. The fraction of sp³-hybridized carbons (Fsp3) is 0.500. The summed E-state index contributed by atoms with van der Waals surface area (Å²) in [5, 5.41) is 8.13. The second-order valence-electron chi connectivity index (χ2n) is 5.62. The van der Waals surface area contributed by atoms with Crippen molar-refractivity contribution in [1.82, 2.24) is 15.0 Å². The highest BCUT2D eigenvalue weighted by atomic mass is 35.5. The zero-order valence-corrected chi connectivity index (χ0v) is 14.1. The first kappa shape index (κ1) is 16.0. The third kappa shape index (κ3) is 3.63. The third-order valence-electron chi connectivity index (χ3n) is 2.85. The van der Waals surface area contributed by atoms with E-state index in [0.717, 1.165) is 14.9 Å². The van der Waals surface area contributed by atoms with Gasteiger partial charge in [-0.1, -0.05) is 37.6 Å². The van der Waals surface area contributed by atoms with Crippen LogP contribution in [0.5, 0.6) is 0 Å². The van der Waals surface area contributed by atoms with Crippen molar-refractivity contribution in [2.75, 3.05) is 6.61 Å². The Morgan fingerprint density at radius 3 is 2.67 bits per heavy atom. The molecule has 0 atom stereocenters. The standard InChI is InChI=1S/C14H18ClN3O2S/c1-5-20-13(19)11-12(14(2,3)4)18(17-16-11)8-9-6-7-10(15)21-9/h6-7H,5,8H2,1-4H3. The predicted octanol–water partition coefficient (Wildman–Crippen LogP) is 3.52. The first-order valence-corrected chi connectivity index (χ1v) is 7.87. The quantitative estimate of drug-likeness (QED) is 0.806. The topological polar surface area (TPSA) is 57.0 Å². The van der Waals surface area contributed by atoms with Crippen molar-refractivity contribution >= 4 is 28.9 Å². The van der Waals surface area contributed by atoms with E-state index in [1.54, 1.807) is 11.6 Å². The number of rotatable bonds is 4. The van der Waals surface area contributed by atoms with E-state index in [0.29, 0.717) is 13.2 Å². The summed E-state index contributed by atoms with van der Waals surface area (Å²) in [6.45, 7) is 8.68. The molecule has 0 N–H and O–H groups in total. The molecule has 0 amide bonds. The second kappa shape index (κ2) is 6.15. The fourth-order valence-electron chi connectivity index (χ4n) is 2.09. The zero-order chi connectivity index (χ0) is 15.6. The van der Waals surface area contributed by atoms with E-state index < -0.39 is 5.97 Å². The largest absolute Gasteiger partial charge is 0.461 e. The van der Waals surface area contributed by atoms with Gasteiger partial charge in [0.1, 0.15) is 0 Å². The number of ether oxygens (including phenoxy) is 1. The van der Waals surface area contributed by atoms with Crippen LogP contribution in [-0.4, -0.2) is 27.6 Å². The number of esters is 1. The molecule has 2 aromatic rings. The molecule has 0 aliphatic carbocycles. The Balaban J connectivity index is 2.39. The lowest BCUT2D eigenvalue weighted by atomic mass is 9.90. The first-order chi connectivity index (χ1) is 9.82. The number of carbonyl (C=O) groups excluding carboxylic acids is 1. The molecule has 0 aliphatic heterocycles. The number of hydrogen-bond acceptors (Lipinski definition) is 5. The Bertz CT molecular complexity index is 643. The summed E-state index contributed by atoms with van der Waals surface area (Å²) in [5.74, 6) is -0.433. The normalized spacial score (nSPS) is 11.7.